The predicted octanol–water partition coefficient (Wildman–Crippen LogP) is 7.15. The van der Waals surface area contributed by atoms with Crippen LogP contribution in [0.4, 0.5) is 15.9 Å². The van der Waals surface area contributed by atoms with E-state index in [1.54, 1.807) is 24.5 Å². The molecule has 0 N–H and O–H groups in total. The third kappa shape index (κ3) is 3.49. The quantitative estimate of drug-likeness (QED) is 0.283. The summed E-state index contributed by atoms with van der Waals surface area (Å²) in [5.41, 5.74) is 6.74. The molecule has 1 aliphatic rings. The standard InChI is InChI=1S/C28H20ClFN4/c1-17-23(18-4-2-6-22(30)15-18)8-9-24-26(17)32-27(20-5-3-12-31-16-20)33-28(24)34-13-11-19-14-21(29)7-10-25(19)34/h2-10,12,14-16H,11,13H2,1H3. The largest absolute Gasteiger partial charge is 0.325 e. The lowest BCUT2D eigenvalue weighted by molar-refractivity contribution is 0.628. The van der Waals surface area contributed by atoms with Crippen LogP contribution < -0.4 is 4.90 Å². The van der Waals surface area contributed by atoms with Crippen molar-refractivity contribution >= 4 is 34.0 Å². The summed E-state index contributed by atoms with van der Waals surface area (Å²) < 4.78 is 14.0. The number of halogens is 2. The van der Waals surface area contributed by atoms with E-state index in [0.717, 1.165) is 62.7 Å². The third-order valence-electron chi connectivity index (χ3n) is 6.35. The molecule has 4 nitrogen and oxygen atoms in total. The molecule has 5 aromatic rings. The van der Waals surface area contributed by atoms with Crippen LogP contribution in [-0.4, -0.2) is 21.5 Å². The Bertz CT molecular complexity index is 1550. The molecule has 0 atom stereocenters. The summed E-state index contributed by atoms with van der Waals surface area (Å²) in [7, 11) is 0. The van der Waals surface area contributed by atoms with Gasteiger partial charge in [-0.25, -0.2) is 14.4 Å². The maximum Gasteiger partial charge on any atom is 0.163 e. The molecule has 0 spiro atoms. The lowest BCUT2D eigenvalue weighted by Gasteiger charge is -2.22. The molecule has 3 aromatic carbocycles. The van der Waals surface area contributed by atoms with Crippen LogP contribution in [0.3, 0.4) is 0 Å². The number of aromatic nitrogens is 3. The zero-order valence-corrected chi connectivity index (χ0v) is 19.2. The first kappa shape index (κ1) is 20.8. The molecule has 2 aromatic heterocycles. The van der Waals surface area contributed by atoms with Crippen molar-refractivity contribution in [2.75, 3.05) is 11.4 Å². The van der Waals surface area contributed by atoms with E-state index in [1.165, 1.54) is 11.6 Å². The second kappa shape index (κ2) is 8.19. The van der Waals surface area contributed by atoms with Crippen molar-refractivity contribution in [1.29, 1.82) is 0 Å². The highest BCUT2D eigenvalue weighted by Gasteiger charge is 2.25. The highest BCUT2D eigenvalue weighted by Crippen LogP contribution is 2.40. The van der Waals surface area contributed by atoms with E-state index in [9.17, 15) is 4.39 Å². The van der Waals surface area contributed by atoms with Crippen LogP contribution in [0.1, 0.15) is 11.1 Å². The molecule has 0 unspecified atom stereocenters. The second-order valence-corrected chi connectivity index (χ2v) is 8.87. The molecule has 0 fully saturated rings. The number of nitrogens with zero attached hydrogens (tertiary/aromatic N) is 4. The molecule has 0 bridgehead atoms. The van der Waals surface area contributed by atoms with E-state index in [-0.39, 0.29) is 5.82 Å². The number of rotatable bonds is 3. The summed E-state index contributed by atoms with van der Waals surface area (Å²) in [6.45, 7) is 2.84. The van der Waals surface area contributed by atoms with Gasteiger partial charge in [0.25, 0.3) is 0 Å². The number of pyridine rings is 1. The van der Waals surface area contributed by atoms with Gasteiger partial charge in [-0.2, -0.15) is 0 Å². The SMILES string of the molecule is Cc1c(-c2cccc(F)c2)ccc2c(N3CCc4cc(Cl)ccc43)nc(-c3cccnc3)nc12. The molecule has 0 saturated heterocycles. The van der Waals surface area contributed by atoms with Crippen LogP contribution in [0.5, 0.6) is 0 Å². The van der Waals surface area contributed by atoms with E-state index in [2.05, 4.69) is 16.0 Å². The van der Waals surface area contributed by atoms with Crippen molar-refractivity contribution in [1.82, 2.24) is 15.0 Å². The van der Waals surface area contributed by atoms with Gasteiger partial charge in [-0.3, -0.25) is 4.98 Å². The Labute approximate surface area is 201 Å². The maximum atomic E-state index is 14.0. The monoisotopic (exact) mass is 466 g/mol. The first-order chi connectivity index (χ1) is 16.6. The van der Waals surface area contributed by atoms with E-state index in [0.29, 0.717) is 5.82 Å². The fourth-order valence-electron chi connectivity index (χ4n) is 4.71. The van der Waals surface area contributed by atoms with Crippen LogP contribution in [0, 0.1) is 12.7 Å². The van der Waals surface area contributed by atoms with Crippen molar-refractivity contribution in [3.8, 4) is 22.5 Å². The third-order valence-corrected chi connectivity index (χ3v) is 6.58. The Morgan fingerprint density at radius 1 is 0.941 bits per heavy atom. The minimum absolute atomic E-state index is 0.260. The fourth-order valence-corrected chi connectivity index (χ4v) is 4.90. The smallest absolute Gasteiger partial charge is 0.163 e. The Kier molecular flexibility index (Phi) is 5.00. The summed E-state index contributed by atoms with van der Waals surface area (Å²) >= 11 is 6.25. The first-order valence-corrected chi connectivity index (χ1v) is 11.5. The lowest BCUT2D eigenvalue weighted by atomic mass is 9.97. The second-order valence-electron chi connectivity index (χ2n) is 8.43. The van der Waals surface area contributed by atoms with Crippen molar-refractivity contribution in [3.63, 3.8) is 0 Å². The molecule has 6 heteroatoms. The van der Waals surface area contributed by atoms with Gasteiger partial charge < -0.3 is 4.90 Å². The minimum Gasteiger partial charge on any atom is -0.325 e. The van der Waals surface area contributed by atoms with E-state index in [4.69, 9.17) is 21.6 Å². The normalized spacial score (nSPS) is 12.9. The highest BCUT2D eigenvalue weighted by atomic mass is 35.5. The van der Waals surface area contributed by atoms with Gasteiger partial charge in [-0.15, -0.1) is 0 Å². The maximum absolute atomic E-state index is 14.0. The molecule has 1 aliphatic heterocycles. The van der Waals surface area contributed by atoms with Crippen LogP contribution in [0.2, 0.25) is 5.02 Å². The molecule has 34 heavy (non-hydrogen) atoms. The molecule has 0 radical (unpaired) electrons. The van der Waals surface area contributed by atoms with Crippen LogP contribution in [0.15, 0.2) is 79.1 Å². The number of hydrogen-bond acceptors (Lipinski definition) is 4. The molecule has 3 heterocycles. The van der Waals surface area contributed by atoms with Crippen molar-refractivity contribution in [3.05, 3.63) is 101 Å². The van der Waals surface area contributed by atoms with Gasteiger partial charge in [0.1, 0.15) is 11.6 Å². The molecule has 166 valence electrons. The van der Waals surface area contributed by atoms with Gasteiger partial charge >= 0.3 is 0 Å². The average molecular weight is 467 g/mol. The predicted molar refractivity (Wildman–Crippen MR) is 135 cm³/mol. The zero-order valence-electron chi connectivity index (χ0n) is 18.5. The highest BCUT2D eigenvalue weighted by molar-refractivity contribution is 6.30. The molecular formula is C28H20ClFN4. The Balaban J connectivity index is 1.61. The van der Waals surface area contributed by atoms with Gasteiger partial charge in [0, 0.05) is 40.6 Å². The summed E-state index contributed by atoms with van der Waals surface area (Å²) in [5.74, 6) is 1.19. The van der Waals surface area contributed by atoms with Crippen LogP contribution in [0.25, 0.3) is 33.4 Å². The topological polar surface area (TPSA) is 41.9 Å². The Morgan fingerprint density at radius 2 is 1.82 bits per heavy atom. The average Bonchev–Trinajstić information content (AvgIpc) is 3.27. The van der Waals surface area contributed by atoms with Crippen LogP contribution in [-0.2, 0) is 6.42 Å². The molecule has 0 amide bonds. The number of fused-ring (bicyclic) bond motifs is 2. The lowest BCUT2D eigenvalue weighted by Crippen LogP contribution is -2.16. The zero-order chi connectivity index (χ0) is 23.2. The van der Waals surface area contributed by atoms with E-state index >= 15 is 0 Å². The summed E-state index contributed by atoms with van der Waals surface area (Å²) in [6.07, 6.45) is 4.40. The molecule has 6 rings (SSSR count). The van der Waals surface area contributed by atoms with Gasteiger partial charge in [-0.1, -0.05) is 29.8 Å². The number of benzene rings is 3. The summed E-state index contributed by atoms with van der Waals surface area (Å²) in [5, 5.41) is 1.69. The van der Waals surface area contributed by atoms with E-state index < -0.39 is 0 Å². The van der Waals surface area contributed by atoms with Crippen LogP contribution >= 0.6 is 11.6 Å². The van der Waals surface area contributed by atoms with Crippen molar-refractivity contribution in [2.45, 2.75) is 13.3 Å². The fraction of sp³-hybridized carbons (Fsp3) is 0.107. The van der Waals surface area contributed by atoms with E-state index in [1.807, 2.05) is 49.4 Å². The number of aryl methyl sites for hydroxylation is 1. The number of anilines is 2. The first-order valence-electron chi connectivity index (χ1n) is 11.1. The van der Waals surface area contributed by atoms with Gasteiger partial charge in [0.15, 0.2) is 5.82 Å². The molecule has 0 aliphatic carbocycles. The number of hydrogen-bond donors (Lipinski definition) is 0. The molecule has 0 saturated carbocycles. The Morgan fingerprint density at radius 3 is 2.65 bits per heavy atom. The van der Waals surface area contributed by atoms with Crippen molar-refractivity contribution in [2.24, 2.45) is 0 Å². The van der Waals surface area contributed by atoms with Gasteiger partial charge in [0.05, 0.1) is 5.52 Å². The minimum atomic E-state index is -0.260. The molecular weight excluding hydrogens is 447 g/mol. The summed E-state index contributed by atoms with van der Waals surface area (Å²) in [6, 6.07) is 20.6. The van der Waals surface area contributed by atoms with Gasteiger partial charge in [-0.05, 0) is 84.1 Å². The van der Waals surface area contributed by atoms with Crippen molar-refractivity contribution < 1.29 is 4.39 Å². The Hall–Kier alpha value is -3.83. The summed E-state index contributed by atoms with van der Waals surface area (Å²) in [4.78, 5) is 16.5. The van der Waals surface area contributed by atoms with Gasteiger partial charge in [0.2, 0.25) is 0 Å².